The Labute approximate surface area is 141 Å². The van der Waals surface area contributed by atoms with Gasteiger partial charge in [0.1, 0.15) is 5.54 Å². The molecule has 5 heteroatoms. The van der Waals surface area contributed by atoms with Gasteiger partial charge in [0.25, 0.3) is 5.91 Å². The van der Waals surface area contributed by atoms with Crippen molar-refractivity contribution in [1.29, 1.82) is 5.41 Å². The number of pyridine rings is 1. The van der Waals surface area contributed by atoms with Crippen LogP contribution in [0.4, 0.5) is 0 Å². The summed E-state index contributed by atoms with van der Waals surface area (Å²) in [6, 6.07) is 12.0. The Bertz CT molecular complexity index is 843. The summed E-state index contributed by atoms with van der Waals surface area (Å²) in [5.74, 6) is 0.381. The molecule has 1 aliphatic heterocycles. The van der Waals surface area contributed by atoms with Gasteiger partial charge in [0.2, 0.25) is 0 Å². The van der Waals surface area contributed by atoms with Gasteiger partial charge in [-0.25, -0.2) is 0 Å². The minimum atomic E-state index is -0.800. The van der Waals surface area contributed by atoms with E-state index in [0.29, 0.717) is 0 Å². The molecule has 2 aliphatic rings. The lowest BCUT2D eigenvalue weighted by atomic mass is 9.83. The number of nitrogens with one attached hydrogen (secondary N) is 2. The van der Waals surface area contributed by atoms with Crippen molar-refractivity contribution in [3.8, 4) is 11.3 Å². The Kier molecular flexibility index (Phi) is 3.20. The molecule has 5 nitrogen and oxygen atoms in total. The molecule has 0 radical (unpaired) electrons. The van der Waals surface area contributed by atoms with E-state index < -0.39 is 5.54 Å². The van der Waals surface area contributed by atoms with E-state index in [2.05, 4.69) is 10.3 Å². The van der Waals surface area contributed by atoms with Crippen LogP contribution in [0.1, 0.15) is 24.0 Å². The first kappa shape index (κ1) is 14.9. The fraction of sp³-hybridized carbons (Fsp3) is 0.316. The molecule has 2 N–H and O–H groups in total. The second kappa shape index (κ2) is 5.16. The lowest BCUT2D eigenvalue weighted by Gasteiger charge is -2.27. The molecule has 1 saturated heterocycles. The van der Waals surface area contributed by atoms with Gasteiger partial charge in [-0.2, -0.15) is 0 Å². The first-order valence-corrected chi connectivity index (χ1v) is 8.21. The van der Waals surface area contributed by atoms with E-state index in [1.165, 1.54) is 4.90 Å². The van der Waals surface area contributed by atoms with Crippen LogP contribution in [-0.4, -0.2) is 28.8 Å². The van der Waals surface area contributed by atoms with Gasteiger partial charge in [-0.15, -0.1) is 0 Å². The zero-order valence-corrected chi connectivity index (χ0v) is 13.8. The highest BCUT2D eigenvalue weighted by Crippen LogP contribution is 2.49. The fourth-order valence-corrected chi connectivity index (χ4v) is 3.53. The topological polar surface area (TPSA) is 69.1 Å². The molecule has 2 heterocycles. The molecule has 122 valence electrons. The molecule has 1 amide bonds. The third-order valence-corrected chi connectivity index (χ3v) is 5.01. The summed E-state index contributed by atoms with van der Waals surface area (Å²) < 4.78 is 0. The molecule has 4 rings (SSSR count). The predicted molar refractivity (Wildman–Crippen MR) is 92.4 cm³/mol. The molecule has 1 aromatic carbocycles. The minimum absolute atomic E-state index is 0.0376. The number of likely N-dealkylation sites (N-methyl/N-ethyl adjacent to an activating group) is 1. The Morgan fingerprint density at radius 2 is 2.08 bits per heavy atom. The number of hydrogen-bond donors (Lipinski definition) is 2. The molecule has 1 atom stereocenters. The van der Waals surface area contributed by atoms with Crippen LogP contribution in [0.3, 0.4) is 0 Å². The highest BCUT2D eigenvalue weighted by Gasteiger charge is 2.58. The summed E-state index contributed by atoms with van der Waals surface area (Å²) in [4.78, 5) is 18.8. The number of amides is 1. The highest BCUT2D eigenvalue weighted by atomic mass is 16.2. The summed E-state index contributed by atoms with van der Waals surface area (Å²) in [5, 5.41) is 11.2. The largest absolute Gasteiger partial charge is 0.338 e. The van der Waals surface area contributed by atoms with Crippen molar-refractivity contribution < 1.29 is 4.79 Å². The Balaban J connectivity index is 1.82. The lowest BCUT2D eigenvalue weighted by Crippen LogP contribution is -2.46. The number of rotatable bonds is 3. The number of benzene rings is 1. The van der Waals surface area contributed by atoms with Crippen LogP contribution in [0, 0.1) is 18.3 Å². The maximum Gasteiger partial charge on any atom is 0.259 e. The van der Waals surface area contributed by atoms with Crippen molar-refractivity contribution in [2.24, 2.45) is 5.92 Å². The van der Waals surface area contributed by atoms with Gasteiger partial charge in [0, 0.05) is 18.8 Å². The highest BCUT2D eigenvalue weighted by molar-refractivity contribution is 6.08. The maximum absolute atomic E-state index is 12.9. The molecule has 0 spiro atoms. The van der Waals surface area contributed by atoms with Crippen LogP contribution >= 0.6 is 0 Å². The third kappa shape index (κ3) is 2.12. The van der Waals surface area contributed by atoms with Gasteiger partial charge in [-0.3, -0.25) is 20.1 Å². The van der Waals surface area contributed by atoms with E-state index in [1.54, 1.807) is 13.2 Å². The molecule has 1 saturated carbocycles. The molecule has 24 heavy (non-hydrogen) atoms. The van der Waals surface area contributed by atoms with E-state index in [1.807, 2.05) is 43.3 Å². The average Bonchev–Trinajstić information content (AvgIpc) is 3.40. The number of aromatic nitrogens is 1. The summed E-state index contributed by atoms with van der Waals surface area (Å²) >= 11 is 0. The van der Waals surface area contributed by atoms with Crippen molar-refractivity contribution >= 4 is 11.9 Å². The van der Waals surface area contributed by atoms with E-state index in [4.69, 9.17) is 5.41 Å². The predicted octanol–water partition coefficient (Wildman–Crippen LogP) is 2.66. The second-order valence-electron chi connectivity index (χ2n) is 6.72. The molecule has 1 aliphatic carbocycles. The normalized spacial score (nSPS) is 23.5. The van der Waals surface area contributed by atoms with E-state index in [9.17, 15) is 4.79 Å². The zero-order valence-electron chi connectivity index (χ0n) is 13.8. The van der Waals surface area contributed by atoms with Gasteiger partial charge < -0.3 is 5.32 Å². The summed E-state index contributed by atoms with van der Waals surface area (Å²) in [6.45, 7) is 2.04. The Morgan fingerprint density at radius 3 is 2.71 bits per heavy atom. The van der Waals surface area contributed by atoms with Gasteiger partial charge in [-0.1, -0.05) is 18.2 Å². The maximum atomic E-state index is 12.9. The minimum Gasteiger partial charge on any atom is -0.338 e. The average molecular weight is 320 g/mol. The van der Waals surface area contributed by atoms with Crippen LogP contribution in [0.15, 0.2) is 42.6 Å². The summed E-state index contributed by atoms with van der Waals surface area (Å²) in [5.41, 5.74) is 3.17. The van der Waals surface area contributed by atoms with Gasteiger partial charge >= 0.3 is 0 Å². The molecule has 2 aromatic rings. The van der Waals surface area contributed by atoms with E-state index in [-0.39, 0.29) is 17.8 Å². The van der Waals surface area contributed by atoms with Gasteiger partial charge in [0.05, 0.1) is 5.69 Å². The van der Waals surface area contributed by atoms with Crippen molar-refractivity contribution in [2.75, 3.05) is 7.05 Å². The molecular weight excluding hydrogens is 300 g/mol. The molecule has 0 bridgehead atoms. The number of guanidine groups is 1. The summed E-state index contributed by atoms with van der Waals surface area (Å²) in [7, 11) is 1.66. The standard InChI is InChI=1S/C19H20N4O/c1-12-8-9-21-16(10-12)13-4-3-5-15(11-13)19(14-6-7-14)17(24)23(2)18(20)22-19/h3-5,8-11,14H,6-7H2,1-2H3,(H2,20,22). The summed E-state index contributed by atoms with van der Waals surface area (Å²) in [6.07, 6.45) is 3.82. The molecule has 2 fully saturated rings. The van der Waals surface area contributed by atoms with E-state index in [0.717, 1.165) is 35.2 Å². The number of nitrogens with zero attached hydrogens (tertiary/aromatic N) is 2. The Hall–Kier alpha value is -2.69. The van der Waals surface area contributed by atoms with Crippen molar-refractivity contribution in [2.45, 2.75) is 25.3 Å². The first-order valence-electron chi connectivity index (χ1n) is 8.21. The van der Waals surface area contributed by atoms with E-state index >= 15 is 0 Å². The second-order valence-corrected chi connectivity index (χ2v) is 6.72. The van der Waals surface area contributed by atoms with Gasteiger partial charge in [0.15, 0.2) is 5.96 Å². The molecule has 1 aromatic heterocycles. The molecule has 1 unspecified atom stereocenters. The van der Waals surface area contributed by atoms with Crippen LogP contribution < -0.4 is 5.32 Å². The van der Waals surface area contributed by atoms with Gasteiger partial charge in [-0.05, 0) is 55.0 Å². The monoisotopic (exact) mass is 320 g/mol. The van der Waals surface area contributed by atoms with Crippen LogP contribution in [0.5, 0.6) is 0 Å². The Morgan fingerprint density at radius 1 is 1.29 bits per heavy atom. The molecular formula is C19H20N4O. The smallest absolute Gasteiger partial charge is 0.259 e. The van der Waals surface area contributed by atoms with Crippen LogP contribution in [-0.2, 0) is 10.3 Å². The number of aryl methyl sites for hydroxylation is 1. The zero-order chi connectivity index (χ0) is 16.9. The fourth-order valence-electron chi connectivity index (χ4n) is 3.53. The van der Waals surface area contributed by atoms with Crippen LogP contribution in [0.2, 0.25) is 0 Å². The number of hydrogen-bond acceptors (Lipinski definition) is 3. The van der Waals surface area contributed by atoms with Crippen molar-refractivity contribution in [3.63, 3.8) is 0 Å². The SMILES string of the molecule is Cc1ccnc(-c2cccc(C3(C4CC4)NC(=N)N(C)C3=O)c2)c1. The number of carbonyl (C=O) groups is 1. The number of carbonyl (C=O) groups excluding carboxylic acids is 1. The lowest BCUT2D eigenvalue weighted by molar-refractivity contribution is -0.131. The van der Waals surface area contributed by atoms with Crippen molar-refractivity contribution in [3.05, 3.63) is 53.7 Å². The van der Waals surface area contributed by atoms with Crippen molar-refractivity contribution in [1.82, 2.24) is 15.2 Å². The first-order chi connectivity index (χ1) is 11.5. The third-order valence-electron chi connectivity index (χ3n) is 5.01. The van der Waals surface area contributed by atoms with Crippen LogP contribution in [0.25, 0.3) is 11.3 Å². The quantitative estimate of drug-likeness (QED) is 0.913.